The van der Waals surface area contributed by atoms with Gasteiger partial charge in [-0.1, -0.05) is 25.1 Å². The minimum Gasteiger partial charge on any atom is -0.484 e. The van der Waals surface area contributed by atoms with Crippen molar-refractivity contribution in [1.29, 1.82) is 0 Å². The molecule has 0 saturated heterocycles. The molecular formula is C17H18N4O2. The van der Waals surface area contributed by atoms with Gasteiger partial charge in [0, 0.05) is 6.42 Å². The number of aryl methyl sites for hydroxylation is 1. The number of ether oxygens (including phenoxy) is 1. The lowest BCUT2D eigenvalue weighted by molar-refractivity contribution is -0.118. The van der Waals surface area contributed by atoms with Crippen LogP contribution in [0.4, 0.5) is 5.69 Å². The standard InChI is InChI=1S/C17H18N4O2/c1-2-6-15-19-16-10-9-13(11-21(16)20-15)18-17(22)12-23-14-7-4-3-5-8-14/h3-5,7-11H,2,6,12H2,1H3,(H,18,22). The van der Waals surface area contributed by atoms with E-state index in [0.29, 0.717) is 11.4 Å². The summed E-state index contributed by atoms with van der Waals surface area (Å²) >= 11 is 0. The van der Waals surface area contributed by atoms with E-state index in [9.17, 15) is 4.79 Å². The number of para-hydroxylation sites is 1. The molecule has 1 N–H and O–H groups in total. The highest BCUT2D eigenvalue weighted by molar-refractivity contribution is 5.91. The van der Waals surface area contributed by atoms with E-state index in [1.807, 2.05) is 36.4 Å². The summed E-state index contributed by atoms with van der Waals surface area (Å²) in [4.78, 5) is 16.4. The van der Waals surface area contributed by atoms with Crippen LogP contribution in [0.15, 0.2) is 48.7 Å². The van der Waals surface area contributed by atoms with Crippen LogP contribution in [0.3, 0.4) is 0 Å². The SMILES string of the molecule is CCCc1nc2ccc(NC(=O)COc3ccccc3)cn2n1. The fourth-order valence-electron chi connectivity index (χ4n) is 2.20. The number of rotatable bonds is 6. The summed E-state index contributed by atoms with van der Waals surface area (Å²) in [5.74, 6) is 1.25. The predicted octanol–water partition coefficient (Wildman–Crippen LogP) is 2.70. The molecule has 0 atom stereocenters. The van der Waals surface area contributed by atoms with Gasteiger partial charge in [-0.2, -0.15) is 5.10 Å². The number of carbonyl (C=O) groups excluding carboxylic acids is 1. The summed E-state index contributed by atoms with van der Waals surface area (Å²) in [6.07, 6.45) is 3.59. The third kappa shape index (κ3) is 3.85. The number of nitrogens with one attached hydrogen (secondary N) is 1. The third-order valence-corrected chi connectivity index (χ3v) is 3.25. The highest BCUT2D eigenvalue weighted by Gasteiger charge is 2.07. The van der Waals surface area contributed by atoms with Crippen LogP contribution in [-0.2, 0) is 11.2 Å². The van der Waals surface area contributed by atoms with Crippen molar-refractivity contribution < 1.29 is 9.53 Å². The van der Waals surface area contributed by atoms with Gasteiger partial charge in [-0.3, -0.25) is 4.79 Å². The molecule has 0 aliphatic rings. The molecular weight excluding hydrogens is 292 g/mol. The van der Waals surface area contributed by atoms with Gasteiger partial charge in [0.1, 0.15) is 5.75 Å². The van der Waals surface area contributed by atoms with E-state index in [0.717, 1.165) is 24.3 Å². The fraction of sp³-hybridized carbons (Fsp3) is 0.235. The number of anilines is 1. The molecule has 0 spiro atoms. The Kier molecular flexibility index (Phi) is 4.52. The van der Waals surface area contributed by atoms with Crippen molar-refractivity contribution in [3.8, 4) is 5.75 Å². The lowest BCUT2D eigenvalue weighted by Gasteiger charge is -2.07. The van der Waals surface area contributed by atoms with Crippen molar-refractivity contribution in [2.45, 2.75) is 19.8 Å². The second-order valence-corrected chi connectivity index (χ2v) is 5.15. The average Bonchev–Trinajstić information content (AvgIpc) is 2.96. The summed E-state index contributed by atoms with van der Waals surface area (Å²) in [7, 11) is 0. The topological polar surface area (TPSA) is 68.5 Å². The van der Waals surface area contributed by atoms with Gasteiger partial charge < -0.3 is 10.1 Å². The molecule has 1 amide bonds. The lowest BCUT2D eigenvalue weighted by Crippen LogP contribution is -2.20. The van der Waals surface area contributed by atoms with E-state index < -0.39 is 0 Å². The first-order chi connectivity index (χ1) is 11.2. The van der Waals surface area contributed by atoms with Crippen LogP contribution in [-0.4, -0.2) is 27.1 Å². The largest absolute Gasteiger partial charge is 0.484 e. The molecule has 0 aliphatic heterocycles. The summed E-state index contributed by atoms with van der Waals surface area (Å²) in [6.45, 7) is 2.05. The molecule has 0 aliphatic carbocycles. The molecule has 3 rings (SSSR count). The second kappa shape index (κ2) is 6.91. The molecule has 118 valence electrons. The van der Waals surface area contributed by atoms with Gasteiger partial charge in [-0.15, -0.1) is 0 Å². The van der Waals surface area contributed by atoms with Crippen molar-refractivity contribution in [3.05, 3.63) is 54.5 Å². The number of amides is 1. The van der Waals surface area contributed by atoms with Crippen LogP contribution in [0.25, 0.3) is 5.65 Å². The highest BCUT2D eigenvalue weighted by Crippen LogP contribution is 2.11. The molecule has 2 aromatic heterocycles. The zero-order chi connectivity index (χ0) is 16.1. The van der Waals surface area contributed by atoms with Gasteiger partial charge >= 0.3 is 0 Å². The van der Waals surface area contributed by atoms with Crippen LogP contribution >= 0.6 is 0 Å². The van der Waals surface area contributed by atoms with E-state index in [1.165, 1.54) is 0 Å². The molecule has 0 unspecified atom stereocenters. The normalized spacial score (nSPS) is 10.7. The third-order valence-electron chi connectivity index (χ3n) is 3.25. The summed E-state index contributed by atoms with van der Waals surface area (Å²) in [6, 6.07) is 12.9. The zero-order valence-corrected chi connectivity index (χ0v) is 12.9. The maximum atomic E-state index is 11.9. The van der Waals surface area contributed by atoms with E-state index in [1.54, 1.807) is 16.8 Å². The van der Waals surface area contributed by atoms with Crippen LogP contribution in [0, 0.1) is 0 Å². The predicted molar refractivity (Wildman–Crippen MR) is 87.5 cm³/mol. The number of benzene rings is 1. The zero-order valence-electron chi connectivity index (χ0n) is 12.9. The van der Waals surface area contributed by atoms with E-state index in [2.05, 4.69) is 22.3 Å². The van der Waals surface area contributed by atoms with E-state index in [-0.39, 0.29) is 12.5 Å². The van der Waals surface area contributed by atoms with Crippen molar-refractivity contribution in [3.63, 3.8) is 0 Å². The molecule has 3 aromatic rings. The maximum absolute atomic E-state index is 11.9. The fourth-order valence-corrected chi connectivity index (χ4v) is 2.20. The van der Waals surface area contributed by atoms with Gasteiger partial charge in [0.05, 0.1) is 11.9 Å². The first-order valence-corrected chi connectivity index (χ1v) is 7.57. The van der Waals surface area contributed by atoms with Crippen molar-refractivity contribution >= 4 is 17.2 Å². The Labute approximate surface area is 134 Å². The highest BCUT2D eigenvalue weighted by atomic mass is 16.5. The van der Waals surface area contributed by atoms with Crippen LogP contribution in [0.1, 0.15) is 19.2 Å². The number of fused-ring (bicyclic) bond motifs is 1. The molecule has 0 bridgehead atoms. The van der Waals surface area contributed by atoms with E-state index >= 15 is 0 Å². The van der Waals surface area contributed by atoms with Crippen LogP contribution in [0.2, 0.25) is 0 Å². The summed E-state index contributed by atoms with van der Waals surface area (Å²) < 4.78 is 7.10. The number of carbonyl (C=O) groups is 1. The molecule has 0 fully saturated rings. The monoisotopic (exact) mass is 310 g/mol. The Morgan fingerprint density at radius 3 is 2.83 bits per heavy atom. The van der Waals surface area contributed by atoms with Crippen molar-refractivity contribution in [2.24, 2.45) is 0 Å². The molecule has 2 heterocycles. The van der Waals surface area contributed by atoms with Gasteiger partial charge in [-0.25, -0.2) is 9.50 Å². The van der Waals surface area contributed by atoms with Gasteiger partial charge in [0.15, 0.2) is 18.1 Å². The summed E-state index contributed by atoms with van der Waals surface area (Å²) in [5.41, 5.74) is 1.43. The quantitative estimate of drug-likeness (QED) is 0.760. The van der Waals surface area contributed by atoms with Crippen LogP contribution < -0.4 is 10.1 Å². The number of aromatic nitrogens is 3. The number of pyridine rings is 1. The average molecular weight is 310 g/mol. The summed E-state index contributed by atoms with van der Waals surface area (Å²) in [5, 5.41) is 7.18. The Morgan fingerprint density at radius 1 is 1.22 bits per heavy atom. The molecule has 1 aromatic carbocycles. The maximum Gasteiger partial charge on any atom is 0.262 e. The Hall–Kier alpha value is -2.89. The Morgan fingerprint density at radius 2 is 2.04 bits per heavy atom. The minimum absolute atomic E-state index is 0.0412. The van der Waals surface area contributed by atoms with Crippen molar-refractivity contribution in [2.75, 3.05) is 11.9 Å². The first-order valence-electron chi connectivity index (χ1n) is 7.57. The van der Waals surface area contributed by atoms with Crippen molar-refractivity contribution in [1.82, 2.24) is 14.6 Å². The first kappa shape index (κ1) is 15.0. The van der Waals surface area contributed by atoms with Gasteiger partial charge in [0.2, 0.25) is 0 Å². The van der Waals surface area contributed by atoms with Gasteiger partial charge in [0.25, 0.3) is 5.91 Å². The Balaban J connectivity index is 1.62. The number of hydrogen-bond donors (Lipinski definition) is 1. The molecule has 6 heteroatoms. The molecule has 23 heavy (non-hydrogen) atoms. The Bertz CT molecular complexity index is 799. The smallest absolute Gasteiger partial charge is 0.262 e. The number of hydrogen-bond acceptors (Lipinski definition) is 4. The van der Waals surface area contributed by atoms with Gasteiger partial charge in [-0.05, 0) is 30.7 Å². The molecule has 6 nitrogen and oxygen atoms in total. The second-order valence-electron chi connectivity index (χ2n) is 5.15. The minimum atomic E-state index is -0.220. The van der Waals surface area contributed by atoms with E-state index in [4.69, 9.17) is 4.74 Å². The van der Waals surface area contributed by atoms with Crippen LogP contribution in [0.5, 0.6) is 5.75 Å². The molecule has 0 radical (unpaired) electrons. The lowest BCUT2D eigenvalue weighted by atomic mass is 10.3. The molecule has 0 saturated carbocycles. The number of nitrogens with zero attached hydrogens (tertiary/aromatic N) is 3.